The smallest absolute Gasteiger partial charge is 0.174 e. The van der Waals surface area contributed by atoms with E-state index in [0.717, 1.165) is 70.3 Å². The van der Waals surface area contributed by atoms with Gasteiger partial charge in [-0.15, -0.1) is 0 Å². The van der Waals surface area contributed by atoms with E-state index in [0.29, 0.717) is 43.1 Å². The standard InChI is InChI=1S/C32H35FINO5/c1-3-39-28-18-21(17-23(34)32(28)40-19-20-9-4-5-10-22(20)33)29-30-24(11-6-13-26(30)36)35(15-8-16-38-2)25-12-7-14-27(37)31(25)29/h4-5,9-10,17-18,29H,3,6-8,11-16,19H2,1-2H3. The van der Waals surface area contributed by atoms with Crippen LogP contribution in [0.4, 0.5) is 4.39 Å². The number of hydrogen-bond donors (Lipinski definition) is 0. The minimum absolute atomic E-state index is 0.0591. The largest absolute Gasteiger partial charge is 0.490 e. The molecule has 0 saturated carbocycles. The van der Waals surface area contributed by atoms with E-state index in [4.69, 9.17) is 14.2 Å². The van der Waals surface area contributed by atoms with Gasteiger partial charge in [-0.05, 0) is 85.4 Å². The summed E-state index contributed by atoms with van der Waals surface area (Å²) in [5.41, 5.74) is 4.91. The van der Waals surface area contributed by atoms with Crippen molar-refractivity contribution in [2.45, 2.75) is 64.4 Å². The third-order valence-corrected chi connectivity index (χ3v) is 8.61. The number of halogens is 2. The molecule has 0 aromatic heterocycles. The van der Waals surface area contributed by atoms with Crippen LogP contribution in [0, 0.1) is 9.39 Å². The van der Waals surface area contributed by atoms with E-state index in [2.05, 4.69) is 27.5 Å². The Morgan fingerprint density at radius 1 is 0.975 bits per heavy atom. The molecule has 8 heteroatoms. The molecule has 0 atom stereocenters. The van der Waals surface area contributed by atoms with Gasteiger partial charge in [0.1, 0.15) is 12.4 Å². The number of Topliss-reactive ketones (excluding diaryl/α,β-unsaturated/α-hetero) is 2. The number of benzene rings is 2. The summed E-state index contributed by atoms with van der Waals surface area (Å²) >= 11 is 2.21. The molecule has 3 aliphatic rings. The van der Waals surface area contributed by atoms with Gasteiger partial charge in [-0.2, -0.15) is 0 Å². The zero-order chi connectivity index (χ0) is 28.2. The Balaban J connectivity index is 1.60. The van der Waals surface area contributed by atoms with Crippen LogP contribution in [0.5, 0.6) is 11.5 Å². The molecule has 2 aromatic carbocycles. The quantitative estimate of drug-likeness (QED) is 0.205. The molecule has 0 saturated heterocycles. The molecule has 1 aliphatic heterocycles. The van der Waals surface area contributed by atoms with E-state index >= 15 is 0 Å². The summed E-state index contributed by atoms with van der Waals surface area (Å²) < 4.78 is 32.5. The van der Waals surface area contributed by atoms with E-state index in [1.807, 2.05) is 19.1 Å². The first kappa shape index (κ1) is 28.8. The van der Waals surface area contributed by atoms with E-state index < -0.39 is 5.92 Å². The van der Waals surface area contributed by atoms with Crippen LogP contribution in [-0.4, -0.2) is 43.3 Å². The van der Waals surface area contributed by atoms with Gasteiger partial charge < -0.3 is 19.1 Å². The molecule has 0 amide bonds. The Labute approximate surface area is 248 Å². The number of rotatable bonds is 10. The average molecular weight is 660 g/mol. The van der Waals surface area contributed by atoms with Gasteiger partial charge in [-0.25, -0.2) is 4.39 Å². The van der Waals surface area contributed by atoms with Crippen molar-refractivity contribution in [2.75, 3.05) is 26.9 Å². The van der Waals surface area contributed by atoms with Crippen molar-refractivity contribution in [2.24, 2.45) is 0 Å². The van der Waals surface area contributed by atoms with Gasteiger partial charge in [0.15, 0.2) is 23.1 Å². The zero-order valence-electron chi connectivity index (χ0n) is 23.1. The van der Waals surface area contributed by atoms with Crippen LogP contribution in [0.1, 0.15) is 68.9 Å². The Morgan fingerprint density at radius 3 is 2.27 bits per heavy atom. The fraction of sp³-hybridized carbons (Fsp3) is 0.438. The fourth-order valence-electron chi connectivity index (χ4n) is 6.11. The second-order valence-electron chi connectivity index (χ2n) is 10.3. The lowest BCUT2D eigenvalue weighted by Gasteiger charge is -2.44. The highest BCUT2D eigenvalue weighted by atomic mass is 127. The third kappa shape index (κ3) is 5.70. The van der Waals surface area contributed by atoms with Gasteiger partial charge in [0.2, 0.25) is 0 Å². The van der Waals surface area contributed by atoms with Gasteiger partial charge in [0, 0.05) is 67.1 Å². The normalized spacial score (nSPS) is 17.8. The van der Waals surface area contributed by atoms with Crippen molar-refractivity contribution in [3.05, 3.63) is 79.5 Å². The first-order valence-electron chi connectivity index (χ1n) is 14.1. The first-order chi connectivity index (χ1) is 19.4. The molecule has 5 rings (SSSR count). The highest BCUT2D eigenvalue weighted by Gasteiger charge is 2.43. The Hall–Kier alpha value is -2.72. The van der Waals surface area contributed by atoms with Gasteiger partial charge in [-0.1, -0.05) is 18.2 Å². The summed E-state index contributed by atoms with van der Waals surface area (Å²) in [6.45, 7) is 3.72. The summed E-state index contributed by atoms with van der Waals surface area (Å²) in [6.07, 6.45) is 5.04. The fourth-order valence-corrected chi connectivity index (χ4v) is 6.89. The van der Waals surface area contributed by atoms with E-state index in [1.54, 1.807) is 25.3 Å². The molecule has 212 valence electrons. The highest BCUT2D eigenvalue weighted by Crippen LogP contribution is 2.50. The molecule has 2 aliphatic carbocycles. The molecule has 6 nitrogen and oxygen atoms in total. The molecule has 1 heterocycles. The minimum Gasteiger partial charge on any atom is -0.490 e. The van der Waals surface area contributed by atoms with E-state index in [-0.39, 0.29) is 24.0 Å². The third-order valence-electron chi connectivity index (χ3n) is 7.81. The van der Waals surface area contributed by atoms with Gasteiger partial charge in [0.05, 0.1) is 10.2 Å². The van der Waals surface area contributed by atoms with E-state index in [9.17, 15) is 14.0 Å². The number of methoxy groups -OCH3 is 1. The first-order valence-corrected chi connectivity index (χ1v) is 15.1. The predicted molar refractivity (Wildman–Crippen MR) is 159 cm³/mol. The number of ether oxygens (including phenoxy) is 3. The molecule has 0 radical (unpaired) electrons. The van der Waals surface area contributed by atoms with Crippen LogP contribution in [0.15, 0.2) is 58.9 Å². The Kier molecular flexibility index (Phi) is 9.25. The summed E-state index contributed by atoms with van der Waals surface area (Å²) in [7, 11) is 1.69. The Bertz CT molecular complexity index is 1320. The number of hydrogen-bond acceptors (Lipinski definition) is 6. The van der Waals surface area contributed by atoms with Crippen LogP contribution in [0.25, 0.3) is 0 Å². The molecule has 40 heavy (non-hydrogen) atoms. The average Bonchev–Trinajstić information content (AvgIpc) is 2.94. The lowest BCUT2D eigenvalue weighted by Crippen LogP contribution is -2.39. The summed E-state index contributed by atoms with van der Waals surface area (Å²) in [5, 5.41) is 0. The van der Waals surface area contributed by atoms with Crippen molar-refractivity contribution in [3.63, 3.8) is 0 Å². The lowest BCUT2D eigenvalue weighted by molar-refractivity contribution is -0.117. The maximum atomic E-state index is 14.3. The zero-order valence-corrected chi connectivity index (χ0v) is 25.2. The molecule has 0 N–H and O–H groups in total. The summed E-state index contributed by atoms with van der Waals surface area (Å²) in [5.74, 6) is 0.521. The van der Waals surface area contributed by atoms with Crippen molar-refractivity contribution >= 4 is 34.2 Å². The number of ketones is 2. The van der Waals surface area contributed by atoms with Gasteiger partial charge in [0.25, 0.3) is 0 Å². The molecule has 0 fully saturated rings. The van der Waals surface area contributed by atoms with Crippen molar-refractivity contribution in [3.8, 4) is 11.5 Å². The lowest BCUT2D eigenvalue weighted by atomic mass is 9.71. The topological polar surface area (TPSA) is 65.1 Å². The van der Waals surface area contributed by atoms with Gasteiger partial charge >= 0.3 is 0 Å². The van der Waals surface area contributed by atoms with E-state index in [1.165, 1.54) is 6.07 Å². The molecule has 0 unspecified atom stereocenters. The summed E-state index contributed by atoms with van der Waals surface area (Å²) in [4.78, 5) is 29.4. The van der Waals surface area contributed by atoms with Crippen molar-refractivity contribution in [1.82, 2.24) is 4.90 Å². The number of nitrogens with zero attached hydrogens (tertiary/aromatic N) is 1. The highest BCUT2D eigenvalue weighted by molar-refractivity contribution is 14.1. The molecule has 2 aromatic rings. The molecule has 0 spiro atoms. The SMILES string of the molecule is CCOc1cc(C2C3=C(CCCC3=O)N(CCCOC)C3=C2C(=O)CCC3)cc(I)c1OCc1ccccc1F. The minimum atomic E-state index is -0.433. The Morgan fingerprint density at radius 2 is 1.65 bits per heavy atom. The molecule has 0 bridgehead atoms. The van der Waals surface area contributed by atoms with Crippen molar-refractivity contribution < 1.29 is 28.2 Å². The number of carbonyl (C=O) groups excluding carboxylic acids is 2. The summed E-state index contributed by atoms with van der Waals surface area (Å²) in [6, 6.07) is 10.4. The maximum absolute atomic E-state index is 14.3. The van der Waals surface area contributed by atoms with Crippen LogP contribution in [0.3, 0.4) is 0 Å². The second-order valence-corrected chi connectivity index (χ2v) is 11.5. The molecular formula is C32H35FINO5. The number of carbonyl (C=O) groups is 2. The van der Waals surface area contributed by atoms with Crippen LogP contribution >= 0.6 is 22.6 Å². The van der Waals surface area contributed by atoms with Gasteiger partial charge in [-0.3, -0.25) is 9.59 Å². The predicted octanol–water partition coefficient (Wildman–Crippen LogP) is 6.86. The molecular weight excluding hydrogens is 624 g/mol. The van der Waals surface area contributed by atoms with Crippen LogP contribution < -0.4 is 9.47 Å². The number of allylic oxidation sites excluding steroid dienone is 4. The van der Waals surface area contributed by atoms with Crippen LogP contribution in [-0.2, 0) is 20.9 Å². The second kappa shape index (κ2) is 12.9. The maximum Gasteiger partial charge on any atom is 0.174 e. The van der Waals surface area contributed by atoms with Crippen LogP contribution in [0.2, 0.25) is 0 Å². The monoisotopic (exact) mass is 659 g/mol. The van der Waals surface area contributed by atoms with Crippen molar-refractivity contribution in [1.29, 1.82) is 0 Å².